The molecular formula is C21H22N6O3. The average Bonchev–Trinajstić information content (AvgIpc) is 3.38. The van der Waals surface area contributed by atoms with Gasteiger partial charge in [-0.2, -0.15) is 9.61 Å². The van der Waals surface area contributed by atoms with Crippen molar-refractivity contribution in [1.29, 1.82) is 0 Å². The molecule has 3 heterocycles. The van der Waals surface area contributed by atoms with Gasteiger partial charge in [0.15, 0.2) is 23.4 Å². The van der Waals surface area contributed by atoms with Crippen LogP contribution in [0.2, 0.25) is 0 Å². The second kappa shape index (κ2) is 7.42. The second-order valence-electron chi connectivity index (χ2n) is 7.44. The smallest absolute Gasteiger partial charge is 0.182 e. The van der Waals surface area contributed by atoms with Crippen molar-refractivity contribution in [1.82, 2.24) is 19.6 Å². The molecule has 0 bridgehead atoms. The third-order valence-electron chi connectivity index (χ3n) is 5.75. The highest BCUT2D eigenvalue weighted by atomic mass is 16.5. The Bertz CT molecular complexity index is 1230. The minimum Gasteiger partial charge on any atom is -0.443 e. The number of nitrogens with one attached hydrogen (secondary N) is 2. The van der Waals surface area contributed by atoms with Gasteiger partial charge in [0.25, 0.3) is 0 Å². The summed E-state index contributed by atoms with van der Waals surface area (Å²) in [5, 5.41) is 10.8. The Labute approximate surface area is 172 Å². The first kappa shape index (κ1) is 18.6. The van der Waals surface area contributed by atoms with Crippen LogP contribution in [-0.4, -0.2) is 45.6 Å². The highest BCUT2D eigenvalue weighted by Crippen LogP contribution is 2.34. The number of aromatic nitrogens is 4. The fourth-order valence-electron chi connectivity index (χ4n) is 3.96. The van der Waals surface area contributed by atoms with Gasteiger partial charge in [-0.1, -0.05) is 6.07 Å². The molecule has 2 atom stereocenters. The van der Waals surface area contributed by atoms with Gasteiger partial charge in [-0.25, -0.2) is 9.97 Å². The summed E-state index contributed by atoms with van der Waals surface area (Å²) in [4.78, 5) is 21.9. The summed E-state index contributed by atoms with van der Waals surface area (Å²) < 4.78 is 12.4. The van der Waals surface area contributed by atoms with E-state index in [1.807, 2.05) is 24.3 Å². The molecule has 0 radical (unpaired) electrons. The SMILES string of the molecule is CNc1cc(Nc2cccc3ocnc23)nc2c(C(=O)CC3CCC3OC)cnn12. The van der Waals surface area contributed by atoms with Crippen LogP contribution in [0.1, 0.15) is 29.6 Å². The Morgan fingerprint density at radius 1 is 1.37 bits per heavy atom. The standard InChI is InChI=1S/C21H22N6O3/c1-22-19-9-18(25-14-4-3-5-17-20(14)23-11-30-17)26-21-13(10-24-27(19)21)15(28)8-12-6-7-16(12)29-2/h3-5,9-12,16,22H,6-8H2,1-2H3,(H,25,26). The number of benzene rings is 1. The van der Waals surface area contributed by atoms with E-state index in [1.165, 1.54) is 6.39 Å². The van der Waals surface area contributed by atoms with Crippen LogP contribution in [0.25, 0.3) is 16.7 Å². The van der Waals surface area contributed by atoms with E-state index in [9.17, 15) is 4.79 Å². The molecular weight excluding hydrogens is 384 g/mol. The maximum Gasteiger partial charge on any atom is 0.182 e. The molecule has 9 nitrogen and oxygen atoms in total. The molecule has 4 aromatic rings. The van der Waals surface area contributed by atoms with E-state index in [0.29, 0.717) is 40.4 Å². The highest BCUT2D eigenvalue weighted by molar-refractivity contribution is 6.02. The zero-order valence-electron chi connectivity index (χ0n) is 16.8. The molecule has 1 aliphatic carbocycles. The first-order valence-corrected chi connectivity index (χ1v) is 9.89. The summed E-state index contributed by atoms with van der Waals surface area (Å²) >= 11 is 0. The minimum absolute atomic E-state index is 0.0297. The fourth-order valence-corrected chi connectivity index (χ4v) is 3.96. The summed E-state index contributed by atoms with van der Waals surface area (Å²) in [6, 6.07) is 7.47. The first-order chi connectivity index (χ1) is 14.7. The molecule has 2 N–H and O–H groups in total. The number of rotatable bonds is 7. The summed E-state index contributed by atoms with van der Waals surface area (Å²) in [5.74, 6) is 1.58. The van der Waals surface area contributed by atoms with Gasteiger partial charge >= 0.3 is 0 Å². The van der Waals surface area contributed by atoms with Crippen LogP contribution >= 0.6 is 0 Å². The summed E-state index contributed by atoms with van der Waals surface area (Å²) in [6.45, 7) is 0. The maximum atomic E-state index is 13.0. The third-order valence-corrected chi connectivity index (χ3v) is 5.75. The lowest BCUT2D eigenvalue weighted by Gasteiger charge is -2.34. The molecule has 1 aliphatic rings. The van der Waals surface area contributed by atoms with E-state index in [2.05, 4.69) is 25.7 Å². The summed E-state index contributed by atoms with van der Waals surface area (Å²) in [6.07, 6.45) is 5.62. The number of nitrogens with zero attached hydrogens (tertiary/aromatic N) is 4. The highest BCUT2D eigenvalue weighted by Gasteiger charge is 2.33. The first-order valence-electron chi connectivity index (χ1n) is 9.89. The molecule has 3 aromatic heterocycles. The molecule has 0 spiro atoms. The van der Waals surface area contributed by atoms with Crippen LogP contribution in [0, 0.1) is 5.92 Å². The van der Waals surface area contributed by atoms with Crippen molar-refractivity contribution in [2.24, 2.45) is 5.92 Å². The molecule has 30 heavy (non-hydrogen) atoms. The number of carbonyl (C=O) groups is 1. The quantitative estimate of drug-likeness (QED) is 0.448. The van der Waals surface area contributed by atoms with Gasteiger partial charge in [0.2, 0.25) is 0 Å². The van der Waals surface area contributed by atoms with Gasteiger partial charge in [0.1, 0.15) is 17.2 Å². The molecule has 5 rings (SSSR count). The number of ether oxygens (including phenoxy) is 1. The van der Waals surface area contributed by atoms with Gasteiger partial charge in [0, 0.05) is 26.6 Å². The Balaban J connectivity index is 1.50. The molecule has 0 amide bonds. The molecule has 9 heteroatoms. The van der Waals surface area contributed by atoms with Crippen molar-refractivity contribution in [3.8, 4) is 0 Å². The number of oxazole rings is 1. The Morgan fingerprint density at radius 2 is 2.27 bits per heavy atom. The van der Waals surface area contributed by atoms with Crippen molar-refractivity contribution in [3.63, 3.8) is 0 Å². The van der Waals surface area contributed by atoms with Crippen molar-refractivity contribution in [2.45, 2.75) is 25.4 Å². The number of fused-ring (bicyclic) bond motifs is 2. The van der Waals surface area contributed by atoms with Gasteiger partial charge in [-0.05, 0) is 30.9 Å². The summed E-state index contributed by atoms with van der Waals surface area (Å²) in [5.41, 5.74) is 3.19. The predicted molar refractivity (Wildman–Crippen MR) is 112 cm³/mol. The monoisotopic (exact) mass is 406 g/mol. The van der Waals surface area contributed by atoms with E-state index < -0.39 is 0 Å². The number of hydrogen-bond acceptors (Lipinski definition) is 8. The zero-order valence-corrected chi connectivity index (χ0v) is 16.8. The van der Waals surface area contributed by atoms with E-state index >= 15 is 0 Å². The van der Waals surface area contributed by atoms with E-state index in [0.717, 1.165) is 18.5 Å². The van der Waals surface area contributed by atoms with Crippen LogP contribution in [0.15, 0.2) is 41.3 Å². The van der Waals surface area contributed by atoms with Crippen molar-refractivity contribution in [3.05, 3.63) is 42.4 Å². The Kier molecular flexibility index (Phi) is 4.59. The van der Waals surface area contributed by atoms with E-state index in [4.69, 9.17) is 9.15 Å². The predicted octanol–water partition coefficient (Wildman–Crippen LogP) is 3.65. The van der Waals surface area contributed by atoms with E-state index in [-0.39, 0.29) is 17.8 Å². The lowest BCUT2D eigenvalue weighted by Crippen LogP contribution is -2.34. The van der Waals surface area contributed by atoms with Crippen LogP contribution < -0.4 is 10.6 Å². The molecule has 1 fully saturated rings. The number of hydrogen-bond donors (Lipinski definition) is 2. The summed E-state index contributed by atoms with van der Waals surface area (Å²) in [7, 11) is 3.50. The number of Topliss-reactive ketones (excluding diaryl/α,β-unsaturated/α-hetero) is 1. The number of carbonyl (C=O) groups excluding carboxylic acids is 1. The fraction of sp³-hybridized carbons (Fsp3) is 0.333. The Morgan fingerprint density at radius 3 is 3.03 bits per heavy atom. The zero-order chi connectivity index (χ0) is 20.7. The van der Waals surface area contributed by atoms with Crippen molar-refractivity contribution in [2.75, 3.05) is 24.8 Å². The molecule has 1 saturated carbocycles. The lowest BCUT2D eigenvalue weighted by atomic mass is 9.78. The van der Waals surface area contributed by atoms with Crippen LogP contribution in [0.5, 0.6) is 0 Å². The second-order valence-corrected chi connectivity index (χ2v) is 7.44. The van der Waals surface area contributed by atoms with Gasteiger partial charge in [0.05, 0.1) is 23.6 Å². The number of methoxy groups -OCH3 is 1. The number of para-hydroxylation sites is 1. The van der Waals surface area contributed by atoms with Gasteiger partial charge in [-0.15, -0.1) is 0 Å². The molecule has 154 valence electrons. The molecule has 0 aliphatic heterocycles. The van der Waals surface area contributed by atoms with Crippen LogP contribution in [0.3, 0.4) is 0 Å². The molecule has 2 unspecified atom stereocenters. The normalized spacial score (nSPS) is 18.5. The van der Waals surface area contributed by atoms with Crippen LogP contribution in [-0.2, 0) is 4.74 Å². The Hall–Kier alpha value is -3.46. The molecule has 1 aromatic carbocycles. The van der Waals surface area contributed by atoms with E-state index in [1.54, 1.807) is 24.9 Å². The topological polar surface area (TPSA) is 107 Å². The van der Waals surface area contributed by atoms with Crippen molar-refractivity contribution < 1.29 is 13.9 Å². The number of ketones is 1. The molecule has 0 saturated heterocycles. The average molecular weight is 406 g/mol. The van der Waals surface area contributed by atoms with Gasteiger partial charge < -0.3 is 19.8 Å². The van der Waals surface area contributed by atoms with Gasteiger partial charge in [-0.3, -0.25) is 4.79 Å². The third kappa shape index (κ3) is 3.07. The maximum absolute atomic E-state index is 13.0. The van der Waals surface area contributed by atoms with Crippen molar-refractivity contribution >= 4 is 39.9 Å². The lowest BCUT2D eigenvalue weighted by molar-refractivity contribution is -0.0171. The van der Waals surface area contributed by atoms with Crippen LogP contribution in [0.4, 0.5) is 17.3 Å². The minimum atomic E-state index is 0.0297. The number of anilines is 3. The largest absolute Gasteiger partial charge is 0.443 e.